The van der Waals surface area contributed by atoms with E-state index in [0.29, 0.717) is 17.5 Å². The fraction of sp³-hybridized carbons (Fsp3) is 0.107. The average molecular weight is 421 g/mol. The van der Waals surface area contributed by atoms with Crippen LogP contribution in [0.4, 0.5) is 5.69 Å². The third-order valence-electron chi connectivity index (χ3n) is 5.57. The molecule has 4 rings (SSSR count). The Kier molecular flexibility index (Phi) is 6.22. The summed E-state index contributed by atoms with van der Waals surface area (Å²) >= 11 is 0. The molecule has 0 aliphatic heterocycles. The van der Waals surface area contributed by atoms with Crippen LogP contribution in [0.5, 0.6) is 0 Å². The van der Waals surface area contributed by atoms with E-state index in [-0.39, 0.29) is 16.5 Å². The minimum atomic E-state index is -0.274. The predicted molar refractivity (Wildman–Crippen MR) is 129 cm³/mol. The molecule has 4 aromatic rings. The van der Waals surface area contributed by atoms with Crippen LogP contribution < -0.4 is 0 Å². The van der Waals surface area contributed by atoms with E-state index < -0.39 is 0 Å². The van der Waals surface area contributed by atoms with Crippen molar-refractivity contribution >= 4 is 5.69 Å². The second-order valence-corrected chi connectivity index (χ2v) is 7.76. The van der Waals surface area contributed by atoms with E-state index in [4.69, 9.17) is 0 Å². The number of hydrogen-bond donors (Lipinski definition) is 0. The molecule has 1 heterocycles. The van der Waals surface area contributed by atoms with Crippen LogP contribution in [0.2, 0.25) is 0 Å². The Hall–Kier alpha value is -4.05. The highest BCUT2D eigenvalue weighted by atomic mass is 16.6. The highest BCUT2D eigenvalue weighted by Gasteiger charge is 2.29. The maximum atomic E-state index is 12.3. The summed E-state index contributed by atoms with van der Waals surface area (Å²) in [6, 6.07) is 27.7. The van der Waals surface area contributed by atoms with Crippen LogP contribution in [0.3, 0.4) is 0 Å². The summed E-state index contributed by atoms with van der Waals surface area (Å²) in [5, 5.41) is 12.3. The number of nitro groups is 1. The van der Waals surface area contributed by atoms with Crippen LogP contribution >= 0.6 is 0 Å². The van der Waals surface area contributed by atoms with Crippen molar-refractivity contribution < 1.29 is 4.92 Å². The van der Waals surface area contributed by atoms with Crippen LogP contribution in [0.25, 0.3) is 11.1 Å². The molecule has 0 spiro atoms. The summed E-state index contributed by atoms with van der Waals surface area (Å²) < 4.78 is 0. The molecule has 4 nitrogen and oxygen atoms in total. The Bertz CT molecular complexity index is 1210. The molecule has 158 valence electrons. The van der Waals surface area contributed by atoms with Crippen molar-refractivity contribution in [3.63, 3.8) is 0 Å². The Morgan fingerprint density at radius 3 is 2.09 bits per heavy atom. The van der Waals surface area contributed by atoms with E-state index in [1.165, 1.54) is 0 Å². The summed E-state index contributed by atoms with van der Waals surface area (Å²) in [4.78, 5) is 16.4. The molecule has 0 saturated carbocycles. The largest absolute Gasteiger partial charge is 0.277 e. The molecule has 3 aromatic carbocycles. The first-order valence-corrected chi connectivity index (χ1v) is 10.5. The lowest BCUT2D eigenvalue weighted by Gasteiger charge is -2.21. The van der Waals surface area contributed by atoms with Gasteiger partial charge in [-0.3, -0.25) is 15.1 Å². The SMILES string of the molecule is C=CCc1cc(-c2ccnc(C)c2)cc(C(c2ccccc2)c2ccccc2)c1[N+](=O)[O-]. The van der Waals surface area contributed by atoms with Crippen molar-refractivity contribution in [2.75, 3.05) is 0 Å². The van der Waals surface area contributed by atoms with Gasteiger partial charge in [0.1, 0.15) is 0 Å². The van der Waals surface area contributed by atoms with Crippen molar-refractivity contribution in [2.45, 2.75) is 19.3 Å². The Balaban J connectivity index is 2.05. The summed E-state index contributed by atoms with van der Waals surface area (Å²) in [7, 11) is 0. The lowest BCUT2D eigenvalue weighted by molar-refractivity contribution is -0.386. The van der Waals surface area contributed by atoms with Crippen LogP contribution in [0.15, 0.2) is 104 Å². The van der Waals surface area contributed by atoms with E-state index in [0.717, 1.165) is 27.9 Å². The number of benzene rings is 3. The maximum Gasteiger partial charge on any atom is 0.277 e. The molecule has 0 saturated heterocycles. The fourth-order valence-corrected chi connectivity index (χ4v) is 4.21. The zero-order valence-electron chi connectivity index (χ0n) is 17.9. The smallest absolute Gasteiger partial charge is 0.262 e. The molecule has 4 heteroatoms. The lowest BCUT2D eigenvalue weighted by atomic mass is 9.81. The number of nitro benzene ring substituents is 1. The van der Waals surface area contributed by atoms with Gasteiger partial charge in [0.25, 0.3) is 5.69 Å². The molecule has 0 atom stereocenters. The van der Waals surface area contributed by atoms with E-state index in [1.807, 2.05) is 91.9 Å². The number of aromatic nitrogens is 1. The Morgan fingerprint density at radius 1 is 0.938 bits per heavy atom. The van der Waals surface area contributed by atoms with Crippen molar-refractivity contribution in [3.05, 3.63) is 142 Å². The summed E-state index contributed by atoms with van der Waals surface area (Å²) in [5.41, 5.74) is 6.32. The summed E-state index contributed by atoms with van der Waals surface area (Å²) in [5.74, 6) is -0.274. The first-order chi connectivity index (χ1) is 15.6. The molecule has 0 aliphatic carbocycles. The third kappa shape index (κ3) is 4.35. The van der Waals surface area contributed by atoms with Crippen LogP contribution in [-0.2, 0) is 6.42 Å². The second kappa shape index (κ2) is 9.40. The monoisotopic (exact) mass is 420 g/mol. The standard InChI is InChI=1S/C28H24N2O2/c1-3-10-24-18-25(23-15-16-29-20(2)17-23)19-26(28(24)30(31)32)27(21-11-6-4-7-12-21)22-13-8-5-9-14-22/h3-9,11-19,27H,1,10H2,2H3. The molecule has 0 N–H and O–H groups in total. The van der Waals surface area contributed by atoms with Gasteiger partial charge in [0.2, 0.25) is 0 Å². The van der Waals surface area contributed by atoms with Gasteiger partial charge in [-0.1, -0.05) is 66.7 Å². The molecule has 0 amide bonds. The van der Waals surface area contributed by atoms with Crippen molar-refractivity contribution in [1.29, 1.82) is 0 Å². The Labute approximate surface area is 188 Å². The molecule has 0 radical (unpaired) electrons. The molecule has 0 fully saturated rings. The lowest BCUT2D eigenvalue weighted by Crippen LogP contribution is -2.09. The van der Waals surface area contributed by atoms with Gasteiger partial charge < -0.3 is 0 Å². The third-order valence-corrected chi connectivity index (χ3v) is 5.57. The number of rotatable bonds is 7. The van der Waals surface area contributed by atoms with Crippen molar-refractivity contribution in [3.8, 4) is 11.1 Å². The van der Waals surface area contributed by atoms with Crippen LogP contribution in [0.1, 0.15) is 33.9 Å². The first kappa shape index (κ1) is 21.2. The highest BCUT2D eigenvalue weighted by Crippen LogP contribution is 2.41. The van der Waals surface area contributed by atoms with Gasteiger partial charge in [-0.25, -0.2) is 0 Å². The maximum absolute atomic E-state index is 12.3. The van der Waals surface area contributed by atoms with Crippen LogP contribution in [0, 0.1) is 17.0 Å². The van der Waals surface area contributed by atoms with E-state index in [1.54, 1.807) is 12.3 Å². The van der Waals surface area contributed by atoms with E-state index in [2.05, 4.69) is 11.6 Å². The molecule has 1 aromatic heterocycles. The van der Waals surface area contributed by atoms with Gasteiger partial charge >= 0.3 is 0 Å². The number of nitrogens with zero attached hydrogens (tertiary/aromatic N) is 2. The molecular weight excluding hydrogens is 396 g/mol. The van der Waals surface area contributed by atoms with Gasteiger partial charge in [0.05, 0.1) is 4.92 Å². The topological polar surface area (TPSA) is 56.0 Å². The normalized spacial score (nSPS) is 10.8. The van der Waals surface area contributed by atoms with Crippen molar-refractivity contribution in [1.82, 2.24) is 4.98 Å². The second-order valence-electron chi connectivity index (χ2n) is 7.76. The molecule has 0 aliphatic rings. The minimum Gasteiger partial charge on any atom is -0.262 e. The number of aryl methyl sites for hydroxylation is 1. The molecule has 0 unspecified atom stereocenters. The summed E-state index contributed by atoms with van der Waals surface area (Å²) in [6.07, 6.45) is 3.90. The average Bonchev–Trinajstić information content (AvgIpc) is 2.80. The highest BCUT2D eigenvalue weighted by molar-refractivity contribution is 5.71. The van der Waals surface area contributed by atoms with Gasteiger partial charge in [0.15, 0.2) is 0 Å². The zero-order chi connectivity index (χ0) is 22.5. The number of allylic oxidation sites excluding steroid dienone is 1. The minimum absolute atomic E-state index is 0.150. The zero-order valence-corrected chi connectivity index (χ0v) is 17.9. The molecular formula is C28H24N2O2. The molecule has 0 bridgehead atoms. The van der Waals surface area contributed by atoms with E-state index >= 15 is 0 Å². The first-order valence-electron chi connectivity index (χ1n) is 10.5. The van der Waals surface area contributed by atoms with Gasteiger partial charge in [-0.2, -0.15) is 0 Å². The van der Waals surface area contributed by atoms with Gasteiger partial charge in [-0.05, 0) is 59.9 Å². The van der Waals surface area contributed by atoms with Crippen LogP contribution in [-0.4, -0.2) is 9.91 Å². The number of pyridine rings is 1. The Morgan fingerprint density at radius 2 is 1.56 bits per heavy atom. The van der Waals surface area contributed by atoms with Gasteiger partial charge in [-0.15, -0.1) is 6.58 Å². The molecule has 32 heavy (non-hydrogen) atoms. The van der Waals surface area contributed by atoms with Gasteiger partial charge in [0, 0.05) is 28.9 Å². The van der Waals surface area contributed by atoms with Crippen molar-refractivity contribution in [2.24, 2.45) is 0 Å². The summed E-state index contributed by atoms with van der Waals surface area (Å²) in [6.45, 7) is 5.77. The number of hydrogen-bond acceptors (Lipinski definition) is 3. The van der Waals surface area contributed by atoms with E-state index in [9.17, 15) is 10.1 Å². The predicted octanol–water partition coefficient (Wildman–Crippen LogP) is 6.87. The quantitative estimate of drug-likeness (QED) is 0.142. The fourth-order valence-electron chi connectivity index (χ4n) is 4.21.